The molecule has 1 fully saturated rings. The highest BCUT2D eigenvalue weighted by molar-refractivity contribution is 5.91. The maximum absolute atomic E-state index is 12.8. The van der Waals surface area contributed by atoms with Crippen molar-refractivity contribution < 1.29 is 24.2 Å². The summed E-state index contributed by atoms with van der Waals surface area (Å²) in [6.45, 7) is 12.3. The van der Waals surface area contributed by atoms with E-state index >= 15 is 0 Å². The van der Waals surface area contributed by atoms with E-state index in [1.165, 1.54) is 0 Å². The highest BCUT2D eigenvalue weighted by Gasteiger charge is 2.33. The number of aryl methyl sites for hydroxylation is 1. The summed E-state index contributed by atoms with van der Waals surface area (Å²) < 4.78 is 6.92. The van der Waals surface area contributed by atoms with Crippen LogP contribution in [0.3, 0.4) is 0 Å². The zero-order valence-corrected chi connectivity index (χ0v) is 20.8. The topological polar surface area (TPSA) is 117 Å². The van der Waals surface area contributed by atoms with Crippen molar-refractivity contribution in [1.29, 1.82) is 0 Å². The predicted octanol–water partition coefficient (Wildman–Crippen LogP) is 2.38. The Balaban J connectivity index is 1.63. The number of hydrogen-bond acceptors (Lipinski definition) is 6. The number of aromatic nitrogens is 2. The summed E-state index contributed by atoms with van der Waals surface area (Å²) in [6, 6.07) is 3.67. The summed E-state index contributed by atoms with van der Waals surface area (Å²) in [5.74, 6) is -0.184. The number of amides is 3. The van der Waals surface area contributed by atoms with Gasteiger partial charge in [-0.15, -0.1) is 0 Å². The van der Waals surface area contributed by atoms with Crippen molar-refractivity contribution in [2.45, 2.75) is 53.7 Å². The third kappa shape index (κ3) is 6.05. The van der Waals surface area contributed by atoms with E-state index < -0.39 is 17.1 Å². The molecule has 2 heterocycles. The Bertz CT molecular complexity index is 1080. The van der Waals surface area contributed by atoms with E-state index in [1.54, 1.807) is 55.3 Å². The van der Waals surface area contributed by atoms with Crippen LogP contribution in [0.4, 0.5) is 10.5 Å². The Morgan fingerprint density at radius 3 is 2.26 bits per heavy atom. The van der Waals surface area contributed by atoms with Crippen LogP contribution in [0, 0.1) is 12.3 Å². The van der Waals surface area contributed by atoms with Gasteiger partial charge in [0.1, 0.15) is 12.1 Å². The lowest BCUT2D eigenvalue weighted by atomic mass is 9.92. The average Bonchev–Trinajstić information content (AvgIpc) is 3.12. The van der Waals surface area contributed by atoms with Crippen molar-refractivity contribution in [3.8, 4) is 0 Å². The van der Waals surface area contributed by atoms with Crippen LogP contribution in [0.25, 0.3) is 10.9 Å². The summed E-state index contributed by atoms with van der Waals surface area (Å²) in [6.07, 6.45) is 1.24. The fraction of sp³-hybridized carbons (Fsp3) is 0.583. The molecular weight excluding hydrogens is 438 g/mol. The number of ether oxygens (including phenoxy) is 1. The summed E-state index contributed by atoms with van der Waals surface area (Å²) in [7, 11) is 0. The monoisotopic (exact) mass is 473 g/mol. The Morgan fingerprint density at radius 1 is 1.06 bits per heavy atom. The molecule has 1 saturated heterocycles. The molecule has 0 radical (unpaired) electrons. The van der Waals surface area contributed by atoms with E-state index in [9.17, 15) is 19.5 Å². The van der Waals surface area contributed by atoms with Gasteiger partial charge in [0.05, 0.1) is 17.5 Å². The van der Waals surface area contributed by atoms with E-state index in [1.807, 2.05) is 19.1 Å². The van der Waals surface area contributed by atoms with Gasteiger partial charge in [0.2, 0.25) is 11.8 Å². The Hall–Kier alpha value is -3.14. The van der Waals surface area contributed by atoms with Gasteiger partial charge in [-0.2, -0.15) is 5.10 Å². The lowest BCUT2D eigenvalue weighted by Crippen LogP contribution is -2.54. The van der Waals surface area contributed by atoms with Crippen molar-refractivity contribution in [3.05, 3.63) is 23.9 Å². The van der Waals surface area contributed by atoms with Crippen LogP contribution < -0.4 is 5.32 Å². The van der Waals surface area contributed by atoms with Gasteiger partial charge >= 0.3 is 6.09 Å². The quantitative estimate of drug-likeness (QED) is 0.689. The average molecular weight is 474 g/mol. The number of carbonyl (C=O) groups is 3. The number of aliphatic hydroxyl groups is 1. The van der Waals surface area contributed by atoms with Gasteiger partial charge in [0.25, 0.3) is 0 Å². The van der Waals surface area contributed by atoms with Gasteiger partial charge in [0.15, 0.2) is 0 Å². The fourth-order valence-electron chi connectivity index (χ4n) is 3.75. The first kappa shape index (κ1) is 25.5. The lowest BCUT2D eigenvalue weighted by molar-refractivity contribution is -0.147. The number of aliphatic hydroxyl groups excluding tert-OH is 1. The first-order chi connectivity index (χ1) is 15.8. The Kier molecular flexibility index (Phi) is 7.21. The third-order valence-corrected chi connectivity index (χ3v) is 5.72. The number of benzene rings is 1. The van der Waals surface area contributed by atoms with E-state index in [-0.39, 0.29) is 25.0 Å². The maximum atomic E-state index is 12.8. The van der Waals surface area contributed by atoms with Crippen LogP contribution in [-0.2, 0) is 20.9 Å². The van der Waals surface area contributed by atoms with Crippen molar-refractivity contribution in [2.24, 2.45) is 5.41 Å². The van der Waals surface area contributed by atoms with Gasteiger partial charge in [-0.1, -0.05) is 0 Å². The van der Waals surface area contributed by atoms with E-state index in [2.05, 4.69) is 10.4 Å². The van der Waals surface area contributed by atoms with Crippen LogP contribution >= 0.6 is 0 Å². The second-order valence-electron chi connectivity index (χ2n) is 10.4. The maximum Gasteiger partial charge on any atom is 0.412 e. The first-order valence-electron chi connectivity index (χ1n) is 11.4. The molecule has 10 nitrogen and oxygen atoms in total. The lowest BCUT2D eigenvalue weighted by Gasteiger charge is -2.38. The molecule has 186 valence electrons. The molecule has 0 unspecified atom stereocenters. The highest BCUT2D eigenvalue weighted by atomic mass is 16.6. The van der Waals surface area contributed by atoms with Crippen LogP contribution in [0.15, 0.2) is 18.3 Å². The summed E-state index contributed by atoms with van der Waals surface area (Å²) >= 11 is 0. The normalized spacial score (nSPS) is 14.9. The van der Waals surface area contributed by atoms with Crippen molar-refractivity contribution in [2.75, 3.05) is 38.1 Å². The van der Waals surface area contributed by atoms with E-state index in [0.29, 0.717) is 31.9 Å². The number of nitrogens with one attached hydrogen (secondary N) is 1. The van der Waals surface area contributed by atoms with Crippen LogP contribution in [0.2, 0.25) is 0 Å². The second kappa shape index (κ2) is 9.61. The Labute approximate surface area is 199 Å². The number of piperazine rings is 1. The molecule has 1 aromatic carbocycles. The first-order valence-corrected chi connectivity index (χ1v) is 11.4. The molecule has 2 N–H and O–H groups in total. The highest BCUT2D eigenvalue weighted by Crippen LogP contribution is 2.24. The van der Waals surface area contributed by atoms with Gasteiger partial charge in [-0.05, 0) is 59.2 Å². The smallest absolute Gasteiger partial charge is 0.412 e. The van der Waals surface area contributed by atoms with Crippen molar-refractivity contribution >= 4 is 34.5 Å². The number of carbonyl (C=O) groups excluding carboxylic acids is 3. The van der Waals surface area contributed by atoms with Crippen molar-refractivity contribution in [3.63, 3.8) is 0 Å². The van der Waals surface area contributed by atoms with E-state index in [4.69, 9.17) is 4.74 Å². The molecule has 1 aliphatic heterocycles. The minimum atomic E-state index is -0.823. The molecule has 0 saturated carbocycles. The molecule has 0 atom stereocenters. The zero-order valence-electron chi connectivity index (χ0n) is 20.8. The molecule has 10 heteroatoms. The largest absolute Gasteiger partial charge is 0.444 e. The van der Waals surface area contributed by atoms with E-state index in [0.717, 1.165) is 16.5 Å². The molecule has 1 aromatic heterocycles. The molecule has 0 bridgehead atoms. The third-order valence-electron chi connectivity index (χ3n) is 5.72. The molecule has 0 spiro atoms. The van der Waals surface area contributed by atoms with Gasteiger partial charge in [-0.25, -0.2) is 4.79 Å². The molecule has 3 rings (SSSR count). The number of rotatable bonds is 5. The standard InChI is InChI=1S/C24H35N5O5/c1-16-11-19-17(12-18(16)25-22(33)34-23(2,3)4)13-29(26-19)14-20(31)27-7-9-28(10-8-27)21(32)24(5,6)15-30/h11-13,30H,7-10,14-15H2,1-6H3,(H,25,33). The molecule has 3 amide bonds. The molecular formula is C24H35N5O5. The van der Waals surface area contributed by atoms with Crippen LogP contribution in [0.1, 0.15) is 40.2 Å². The molecule has 1 aliphatic rings. The van der Waals surface area contributed by atoms with Gasteiger partial charge in [-0.3, -0.25) is 19.6 Å². The number of fused-ring (bicyclic) bond motifs is 1. The predicted molar refractivity (Wildman–Crippen MR) is 128 cm³/mol. The minimum absolute atomic E-state index is 0.0786. The van der Waals surface area contributed by atoms with Crippen LogP contribution in [0.5, 0.6) is 0 Å². The summed E-state index contributed by atoms with van der Waals surface area (Å²) in [4.78, 5) is 40.9. The van der Waals surface area contributed by atoms with Gasteiger partial charge < -0.3 is 19.6 Å². The van der Waals surface area contributed by atoms with Crippen LogP contribution in [-0.4, -0.2) is 81.0 Å². The number of nitrogens with zero attached hydrogens (tertiary/aromatic N) is 4. The molecule has 2 aromatic rings. The molecule has 0 aliphatic carbocycles. The summed E-state index contributed by atoms with van der Waals surface area (Å²) in [5, 5.41) is 17.5. The summed E-state index contributed by atoms with van der Waals surface area (Å²) in [5.41, 5.74) is 0.764. The minimum Gasteiger partial charge on any atom is -0.444 e. The SMILES string of the molecule is Cc1cc2nn(CC(=O)N3CCN(C(=O)C(C)(C)CO)CC3)cc2cc1NC(=O)OC(C)(C)C. The van der Waals surface area contributed by atoms with Gasteiger partial charge in [0, 0.05) is 43.4 Å². The van der Waals surface area contributed by atoms with Crippen molar-refractivity contribution in [1.82, 2.24) is 19.6 Å². The second-order valence-corrected chi connectivity index (χ2v) is 10.4. The fourth-order valence-corrected chi connectivity index (χ4v) is 3.75. The number of hydrogen-bond donors (Lipinski definition) is 2. The number of anilines is 1. The zero-order chi connectivity index (χ0) is 25.3. The Morgan fingerprint density at radius 2 is 1.68 bits per heavy atom. The molecule has 34 heavy (non-hydrogen) atoms.